The number of hydrogen-bond acceptors (Lipinski definition) is 7. The maximum absolute atomic E-state index is 5.92. The third kappa shape index (κ3) is 3.44. The molecule has 0 atom stereocenters. The number of benzene rings is 2. The first-order valence-corrected chi connectivity index (χ1v) is 9.70. The lowest BCUT2D eigenvalue weighted by Crippen LogP contribution is -2.47. The lowest BCUT2D eigenvalue weighted by atomic mass is 9.73. The van der Waals surface area contributed by atoms with Gasteiger partial charge in [-0.05, 0) is 36.2 Å². The van der Waals surface area contributed by atoms with Crippen molar-refractivity contribution < 1.29 is 14.0 Å². The molecule has 5 rings (SSSR count). The number of hydrogen-bond donors (Lipinski definition) is 0. The number of rotatable bonds is 6. The first-order valence-electron chi connectivity index (χ1n) is 9.70. The van der Waals surface area contributed by atoms with Crippen LogP contribution in [0.1, 0.15) is 22.4 Å². The summed E-state index contributed by atoms with van der Waals surface area (Å²) < 4.78 is 16.3. The fourth-order valence-electron chi connectivity index (χ4n) is 3.56. The van der Waals surface area contributed by atoms with Crippen LogP contribution in [0, 0.1) is 6.92 Å². The lowest BCUT2D eigenvalue weighted by molar-refractivity contribution is -0.0380. The summed E-state index contributed by atoms with van der Waals surface area (Å²) in [5, 5.41) is 3.76. The zero-order valence-electron chi connectivity index (χ0n) is 16.5. The SMILES string of the molecule is Cc1ccc(C2(c3ccc(OCc4ccnc(-c5ncon5)n4)cc3)COC2)cc1. The molecule has 7 nitrogen and oxygen atoms in total. The van der Waals surface area contributed by atoms with Gasteiger partial charge in [0.05, 0.1) is 24.3 Å². The van der Waals surface area contributed by atoms with E-state index in [9.17, 15) is 0 Å². The van der Waals surface area contributed by atoms with Crippen molar-refractivity contribution in [3.63, 3.8) is 0 Å². The summed E-state index contributed by atoms with van der Waals surface area (Å²) in [5.41, 5.74) is 4.41. The first kappa shape index (κ1) is 18.4. The van der Waals surface area contributed by atoms with Crippen LogP contribution in [0.3, 0.4) is 0 Å². The van der Waals surface area contributed by atoms with Gasteiger partial charge in [-0.25, -0.2) is 9.97 Å². The molecule has 4 aromatic rings. The van der Waals surface area contributed by atoms with Gasteiger partial charge >= 0.3 is 0 Å². The van der Waals surface area contributed by atoms with E-state index in [0.717, 1.165) is 11.4 Å². The summed E-state index contributed by atoms with van der Waals surface area (Å²) >= 11 is 0. The molecule has 0 aliphatic carbocycles. The van der Waals surface area contributed by atoms with E-state index < -0.39 is 0 Å². The minimum Gasteiger partial charge on any atom is -0.487 e. The van der Waals surface area contributed by atoms with Crippen molar-refractivity contribution in [3.05, 3.63) is 89.6 Å². The largest absolute Gasteiger partial charge is 0.487 e. The second-order valence-corrected chi connectivity index (χ2v) is 7.38. The molecule has 0 saturated carbocycles. The van der Waals surface area contributed by atoms with Gasteiger partial charge < -0.3 is 14.0 Å². The lowest BCUT2D eigenvalue weighted by Gasteiger charge is -2.42. The van der Waals surface area contributed by atoms with Crippen LogP contribution in [0.4, 0.5) is 0 Å². The fourth-order valence-corrected chi connectivity index (χ4v) is 3.56. The Morgan fingerprint density at radius 3 is 2.27 bits per heavy atom. The molecule has 2 aromatic carbocycles. The minimum absolute atomic E-state index is 0.0849. The minimum atomic E-state index is -0.0849. The van der Waals surface area contributed by atoms with Gasteiger partial charge in [-0.15, -0.1) is 0 Å². The van der Waals surface area contributed by atoms with Crippen LogP contribution in [-0.2, 0) is 16.8 Å². The van der Waals surface area contributed by atoms with Crippen molar-refractivity contribution in [1.82, 2.24) is 20.1 Å². The predicted molar refractivity (Wildman–Crippen MR) is 109 cm³/mol. The molecule has 1 aliphatic rings. The molecule has 1 fully saturated rings. The van der Waals surface area contributed by atoms with E-state index in [-0.39, 0.29) is 5.41 Å². The monoisotopic (exact) mass is 400 g/mol. The highest BCUT2D eigenvalue weighted by Gasteiger charge is 2.41. The average Bonchev–Trinajstić information content (AvgIpc) is 3.29. The van der Waals surface area contributed by atoms with Gasteiger partial charge in [0.15, 0.2) is 0 Å². The number of ether oxygens (including phenoxy) is 2. The van der Waals surface area contributed by atoms with Gasteiger partial charge in [-0.3, -0.25) is 0 Å². The number of nitrogens with zero attached hydrogens (tertiary/aromatic N) is 4. The van der Waals surface area contributed by atoms with Crippen LogP contribution in [0.2, 0.25) is 0 Å². The summed E-state index contributed by atoms with van der Waals surface area (Å²) in [6.07, 6.45) is 2.91. The normalized spacial score (nSPS) is 14.8. The highest BCUT2D eigenvalue weighted by atomic mass is 16.5. The second-order valence-electron chi connectivity index (χ2n) is 7.38. The topological polar surface area (TPSA) is 83.2 Å². The van der Waals surface area contributed by atoms with Crippen LogP contribution in [0.5, 0.6) is 5.75 Å². The molecule has 0 unspecified atom stereocenters. The quantitative estimate of drug-likeness (QED) is 0.488. The first-order chi connectivity index (χ1) is 14.7. The fraction of sp³-hybridized carbons (Fsp3) is 0.217. The smallest absolute Gasteiger partial charge is 0.239 e. The van der Waals surface area contributed by atoms with Crippen LogP contribution >= 0.6 is 0 Å². The Kier molecular flexibility index (Phi) is 4.72. The number of aromatic nitrogens is 4. The maximum Gasteiger partial charge on any atom is 0.239 e. The van der Waals surface area contributed by atoms with Gasteiger partial charge in [-0.1, -0.05) is 47.1 Å². The van der Waals surface area contributed by atoms with E-state index in [1.54, 1.807) is 12.3 Å². The van der Waals surface area contributed by atoms with Gasteiger partial charge in [0, 0.05) is 6.20 Å². The molecule has 0 N–H and O–H groups in total. The van der Waals surface area contributed by atoms with Crippen molar-refractivity contribution in [2.75, 3.05) is 13.2 Å². The highest BCUT2D eigenvalue weighted by Crippen LogP contribution is 2.39. The molecule has 150 valence electrons. The Labute approximate surface area is 173 Å². The molecular weight excluding hydrogens is 380 g/mol. The predicted octanol–water partition coefficient (Wildman–Crippen LogP) is 3.73. The van der Waals surface area contributed by atoms with E-state index in [2.05, 4.69) is 63.4 Å². The zero-order valence-corrected chi connectivity index (χ0v) is 16.5. The summed E-state index contributed by atoms with van der Waals surface area (Å²) in [5.74, 6) is 1.54. The van der Waals surface area contributed by atoms with Gasteiger partial charge in [0.1, 0.15) is 12.4 Å². The van der Waals surface area contributed by atoms with Crippen LogP contribution in [0.15, 0.2) is 71.7 Å². The Balaban J connectivity index is 1.30. The summed E-state index contributed by atoms with van der Waals surface area (Å²) in [6, 6.07) is 18.7. The van der Waals surface area contributed by atoms with Crippen LogP contribution in [-0.4, -0.2) is 33.3 Å². The van der Waals surface area contributed by atoms with E-state index in [4.69, 9.17) is 14.0 Å². The zero-order chi connectivity index (χ0) is 20.4. The highest BCUT2D eigenvalue weighted by molar-refractivity contribution is 5.44. The summed E-state index contributed by atoms with van der Waals surface area (Å²) in [7, 11) is 0. The van der Waals surface area contributed by atoms with Crippen molar-refractivity contribution in [3.8, 4) is 17.4 Å². The Morgan fingerprint density at radius 2 is 1.63 bits per heavy atom. The van der Waals surface area contributed by atoms with Gasteiger partial charge in [0.25, 0.3) is 0 Å². The number of aryl methyl sites for hydroxylation is 1. The summed E-state index contributed by atoms with van der Waals surface area (Å²) in [6.45, 7) is 3.80. The van der Waals surface area contributed by atoms with E-state index in [1.807, 2.05) is 12.1 Å². The molecule has 1 saturated heterocycles. The van der Waals surface area contributed by atoms with E-state index in [1.165, 1.54) is 23.1 Å². The van der Waals surface area contributed by atoms with Crippen molar-refractivity contribution in [1.29, 1.82) is 0 Å². The molecule has 30 heavy (non-hydrogen) atoms. The maximum atomic E-state index is 5.92. The van der Waals surface area contributed by atoms with Crippen LogP contribution in [0.25, 0.3) is 11.6 Å². The molecule has 0 bridgehead atoms. The van der Waals surface area contributed by atoms with E-state index >= 15 is 0 Å². The molecule has 7 heteroatoms. The molecule has 1 aliphatic heterocycles. The Bertz CT molecular complexity index is 1120. The average molecular weight is 400 g/mol. The molecule has 0 radical (unpaired) electrons. The molecular formula is C23H20N4O3. The van der Waals surface area contributed by atoms with E-state index in [0.29, 0.717) is 31.5 Å². The van der Waals surface area contributed by atoms with Crippen molar-refractivity contribution in [2.24, 2.45) is 0 Å². The van der Waals surface area contributed by atoms with Crippen molar-refractivity contribution >= 4 is 0 Å². The third-order valence-electron chi connectivity index (χ3n) is 5.37. The van der Waals surface area contributed by atoms with Gasteiger partial charge in [0.2, 0.25) is 18.0 Å². The second kappa shape index (κ2) is 7.68. The molecule has 3 heterocycles. The summed E-state index contributed by atoms with van der Waals surface area (Å²) in [4.78, 5) is 12.5. The Hall–Kier alpha value is -3.58. The van der Waals surface area contributed by atoms with Gasteiger partial charge in [-0.2, -0.15) is 4.98 Å². The van der Waals surface area contributed by atoms with Crippen molar-refractivity contribution in [2.45, 2.75) is 18.9 Å². The third-order valence-corrected chi connectivity index (χ3v) is 5.37. The van der Waals surface area contributed by atoms with Crippen LogP contribution < -0.4 is 4.74 Å². The Morgan fingerprint density at radius 1 is 0.900 bits per heavy atom. The standard InChI is InChI=1S/C23H20N4O3/c1-16-2-4-17(5-3-16)23(13-28-14-23)18-6-8-20(9-7-18)29-12-19-10-11-24-21(26-19)22-25-15-30-27-22/h2-11,15H,12-14H2,1H3. The molecule has 0 amide bonds. The molecule has 0 spiro atoms. The molecule has 2 aromatic heterocycles.